The molecule has 2 aliphatic heterocycles. The van der Waals surface area contributed by atoms with E-state index in [9.17, 15) is 9.18 Å². The average molecular weight is 208 g/mol. The third-order valence-electron chi connectivity index (χ3n) is 2.78. The van der Waals surface area contributed by atoms with E-state index in [1.807, 2.05) is 0 Å². The van der Waals surface area contributed by atoms with E-state index in [0.717, 1.165) is 0 Å². The number of carbonyl (C=O) groups excluding carboxylic acids is 1. The molecule has 3 nitrogen and oxygen atoms in total. The van der Waals surface area contributed by atoms with E-state index in [-0.39, 0.29) is 12.2 Å². The molecule has 0 N–H and O–H groups in total. The number of benzene rings is 1. The van der Waals surface area contributed by atoms with Gasteiger partial charge in [0, 0.05) is 0 Å². The van der Waals surface area contributed by atoms with Gasteiger partial charge in [-0.2, -0.15) is 0 Å². The first-order chi connectivity index (χ1) is 7.19. The monoisotopic (exact) mass is 208 g/mol. The van der Waals surface area contributed by atoms with Crippen LogP contribution in [-0.2, 0) is 4.74 Å². The third kappa shape index (κ3) is 1.25. The molecular weight excluding hydrogens is 199 g/mol. The highest BCUT2D eigenvalue weighted by molar-refractivity contribution is 6.00. The number of hydrogen-bond acceptors (Lipinski definition) is 3. The Labute approximate surface area is 85.8 Å². The van der Waals surface area contributed by atoms with E-state index in [2.05, 4.69) is 0 Å². The fraction of sp³-hybridized carbons (Fsp3) is 0.364. The zero-order chi connectivity index (χ0) is 10.5. The van der Waals surface area contributed by atoms with Crippen molar-refractivity contribution in [2.24, 2.45) is 0 Å². The van der Waals surface area contributed by atoms with Gasteiger partial charge in [-0.05, 0) is 18.2 Å². The standard InChI is InChI=1S/C11H9FO3/c12-7-1-2-10-8(3-7)9(13)4-11(15-10)5-14-6-11/h1-3H,4-6H2. The van der Waals surface area contributed by atoms with Gasteiger partial charge >= 0.3 is 0 Å². The molecule has 0 radical (unpaired) electrons. The molecule has 0 aromatic heterocycles. The number of halogens is 1. The van der Waals surface area contributed by atoms with Crippen LogP contribution in [0.2, 0.25) is 0 Å². The largest absolute Gasteiger partial charge is 0.481 e. The minimum Gasteiger partial charge on any atom is -0.481 e. The molecule has 2 heterocycles. The van der Waals surface area contributed by atoms with Crippen molar-refractivity contribution in [1.82, 2.24) is 0 Å². The van der Waals surface area contributed by atoms with Crippen molar-refractivity contribution in [3.05, 3.63) is 29.6 Å². The molecule has 4 heteroatoms. The molecule has 0 amide bonds. The van der Waals surface area contributed by atoms with Crippen molar-refractivity contribution in [3.8, 4) is 5.75 Å². The highest BCUT2D eigenvalue weighted by Crippen LogP contribution is 2.37. The molecule has 0 bridgehead atoms. The molecule has 0 unspecified atom stereocenters. The van der Waals surface area contributed by atoms with Crippen LogP contribution in [0, 0.1) is 5.82 Å². The van der Waals surface area contributed by atoms with Gasteiger partial charge in [-0.25, -0.2) is 4.39 Å². The molecule has 1 spiro atoms. The van der Waals surface area contributed by atoms with Crippen molar-refractivity contribution in [2.45, 2.75) is 12.0 Å². The second-order valence-electron chi connectivity index (χ2n) is 4.02. The van der Waals surface area contributed by atoms with Crippen molar-refractivity contribution >= 4 is 5.78 Å². The fourth-order valence-corrected chi connectivity index (χ4v) is 1.96. The third-order valence-corrected chi connectivity index (χ3v) is 2.78. The summed E-state index contributed by atoms with van der Waals surface area (Å²) >= 11 is 0. The van der Waals surface area contributed by atoms with Crippen LogP contribution in [0.3, 0.4) is 0 Å². The molecule has 15 heavy (non-hydrogen) atoms. The van der Waals surface area contributed by atoms with Crippen LogP contribution in [0.25, 0.3) is 0 Å². The Hall–Kier alpha value is -1.42. The summed E-state index contributed by atoms with van der Waals surface area (Å²) in [6, 6.07) is 4.02. The summed E-state index contributed by atoms with van der Waals surface area (Å²) in [4.78, 5) is 11.7. The van der Waals surface area contributed by atoms with Gasteiger partial charge in [-0.3, -0.25) is 4.79 Å². The Bertz CT molecular complexity index is 437. The lowest BCUT2D eigenvalue weighted by atomic mass is 9.88. The number of fused-ring (bicyclic) bond motifs is 1. The average Bonchev–Trinajstić information content (AvgIpc) is 2.16. The summed E-state index contributed by atoms with van der Waals surface area (Å²) in [7, 11) is 0. The maximum absolute atomic E-state index is 12.9. The molecule has 78 valence electrons. The predicted octanol–water partition coefficient (Wildman–Crippen LogP) is 1.56. The fourth-order valence-electron chi connectivity index (χ4n) is 1.96. The molecule has 0 aliphatic carbocycles. The van der Waals surface area contributed by atoms with Crippen LogP contribution in [0.1, 0.15) is 16.8 Å². The van der Waals surface area contributed by atoms with Crippen molar-refractivity contribution in [2.75, 3.05) is 13.2 Å². The second-order valence-corrected chi connectivity index (χ2v) is 4.02. The van der Waals surface area contributed by atoms with Crippen molar-refractivity contribution in [1.29, 1.82) is 0 Å². The first kappa shape index (κ1) is 8.85. The lowest BCUT2D eigenvalue weighted by molar-refractivity contribution is -0.162. The number of carbonyl (C=O) groups is 1. The molecule has 1 saturated heterocycles. The summed E-state index contributed by atoms with van der Waals surface area (Å²) in [5, 5.41) is 0. The van der Waals surface area contributed by atoms with Crippen molar-refractivity contribution in [3.63, 3.8) is 0 Å². The first-order valence-electron chi connectivity index (χ1n) is 4.78. The molecule has 1 aromatic carbocycles. The number of hydrogen-bond donors (Lipinski definition) is 0. The quantitative estimate of drug-likeness (QED) is 0.649. The molecular formula is C11H9FO3. The van der Waals surface area contributed by atoms with Gasteiger partial charge < -0.3 is 9.47 Å². The van der Waals surface area contributed by atoms with E-state index in [0.29, 0.717) is 24.5 Å². The zero-order valence-electron chi connectivity index (χ0n) is 7.96. The van der Waals surface area contributed by atoms with Gasteiger partial charge in [0.25, 0.3) is 0 Å². The lowest BCUT2D eigenvalue weighted by Gasteiger charge is -2.43. The van der Waals surface area contributed by atoms with E-state index in [1.54, 1.807) is 0 Å². The number of ether oxygens (including phenoxy) is 2. The van der Waals surface area contributed by atoms with E-state index in [4.69, 9.17) is 9.47 Å². The summed E-state index contributed by atoms with van der Waals surface area (Å²) in [6.45, 7) is 0.880. The summed E-state index contributed by atoms with van der Waals surface area (Å²) in [5.41, 5.74) is -0.144. The summed E-state index contributed by atoms with van der Waals surface area (Å²) < 4.78 is 23.6. The van der Waals surface area contributed by atoms with Gasteiger partial charge in [-0.15, -0.1) is 0 Å². The Morgan fingerprint density at radius 2 is 2.13 bits per heavy atom. The zero-order valence-corrected chi connectivity index (χ0v) is 7.96. The molecule has 0 saturated carbocycles. The minimum absolute atomic E-state index is 0.0703. The van der Waals surface area contributed by atoms with Gasteiger partial charge in [0.2, 0.25) is 0 Å². The van der Waals surface area contributed by atoms with Crippen LogP contribution in [0.15, 0.2) is 18.2 Å². The second kappa shape index (κ2) is 2.79. The van der Waals surface area contributed by atoms with Crippen LogP contribution in [0.5, 0.6) is 5.75 Å². The topological polar surface area (TPSA) is 35.5 Å². The summed E-state index contributed by atoms with van der Waals surface area (Å²) in [5.74, 6) is -0.0125. The van der Waals surface area contributed by atoms with Gasteiger partial charge in [0.1, 0.15) is 11.6 Å². The molecule has 2 aliphatic rings. The van der Waals surface area contributed by atoms with E-state index < -0.39 is 11.4 Å². The van der Waals surface area contributed by atoms with E-state index >= 15 is 0 Å². The number of Topliss-reactive ketones (excluding diaryl/α,β-unsaturated/α-hetero) is 1. The van der Waals surface area contributed by atoms with Crippen molar-refractivity contribution < 1.29 is 18.7 Å². The van der Waals surface area contributed by atoms with E-state index in [1.165, 1.54) is 18.2 Å². The maximum atomic E-state index is 12.9. The Balaban J connectivity index is 2.04. The SMILES string of the molecule is O=C1CC2(COC2)Oc2ccc(F)cc21. The lowest BCUT2D eigenvalue weighted by Crippen LogP contribution is -2.57. The highest BCUT2D eigenvalue weighted by Gasteiger charge is 2.46. The highest BCUT2D eigenvalue weighted by atomic mass is 19.1. The van der Waals surface area contributed by atoms with Gasteiger partial charge in [0.05, 0.1) is 25.2 Å². The van der Waals surface area contributed by atoms with Gasteiger partial charge in [-0.1, -0.05) is 0 Å². The molecule has 0 atom stereocenters. The normalized spacial score (nSPS) is 21.8. The Morgan fingerprint density at radius 1 is 1.33 bits per heavy atom. The van der Waals surface area contributed by atoms with Crippen LogP contribution in [0.4, 0.5) is 4.39 Å². The molecule has 1 fully saturated rings. The van der Waals surface area contributed by atoms with Gasteiger partial charge in [0.15, 0.2) is 11.4 Å². The predicted molar refractivity (Wildman–Crippen MR) is 49.5 cm³/mol. The smallest absolute Gasteiger partial charge is 0.170 e. The summed E-state index contributed by atoms with van der Waals surface area (Å²) in [6.07, 6.45) is 0.281. The molecule has 1 aromatic rings. The number of rotatable bonds is 0. The minimum atomic E-state index is -0.484. The Morgan fingerprint density at radius 3 is 2.80 bits per heavy atom. The Kier molecular flexibility index (Phi) is 1.65. The van der Waals surface area contributed by atoms with Crippen LogP contribution < -0.4 is 4.74 Å². The first-order valence-corrected chi connectivity index (χ1v) is 4.78. The maximum Gasteiger partial charge on any atom is 0.170 e. The van der Waals surface area contributed by atoms with Crippen LogP contribution >= 0.6 is 0 Å². The van der Waals surface area contributed by atoms with Crippen LogP contribution in [-0.4, -0.2) is 24.6 Å². The molecule has 3 rings (SSSR count). The number of ketones is 1.